The summed E-state index contributed by atoms with van der Waals surface area (Å²) >= 11 is 0. The van der Waals surface area contributed by atoms with E-state index in [1.807, 2.05) is 29.5 Å². The second-order valence-electron chi connectivity index (χ2n) is 6.52. The van der Waals surface area contributed by atoms with Gasteiger partial charge in [-0.2, -0.15) is 10.2 Å². The second-order valence-corrected chi connectivity index (χ2v) is 8.70. The molecule has 24 heavy (non-hydrogen) atoms. The van der Waals surface area contributed by atoms with Gasteiger partial charge in [0.1, 0.15) is 15.9 Å². The van der Waals surface area contributed by atoms with Gasteiger partial charge in [-0.1, -0.05) is 0 Å². The topological polar surface area (TPSA) is 93.2 Å². The first-order valence-electron chi connectivity index (χ1n) is 7.85. The van der Waals surface area contributed by atoms with E-state index in [9.17, 15) is 13.5 Å². The molecule has 0 unspecified atom stereocenters. The van der Waals surface area contributed by atoms with E-state index in [0.29, 0.717) is 12.2 Å². The lowest BCUT2D eigenvalue weighted by Gasteiger charge is -2.27. The average Bonchev–Trinajstić information content (AvgIpc) is 3.00. The highest BCUT2D eigenvalue weighted by Crippen LogP contribution is 2.21. The predicted octanol–water partition coefficient (Wildman–Crippen LogP) is 0.0188. The summed E-state index contributed by atoms with van der Waals surface area (Å²) in [6, 6.07) is 1.80. The van der Waals surface area contributed by atoms with Crippen molar-refractivity contribution in [3.8, 4) is 0 Å². The van der Waals surface area contributed by atoms with Crippen LogP contribution in [0.2, 0.25) is 0 Å². The predicted molar refractivity (Wildman–Crippen MR) is 89.0 cm³/mol. The van der Waals surface area contributed by atoms with Crippen molar-refractivity contribution >= 4 is 9.84 Å². The summed E-state index contributed by atoms with van der Waals surface area (Å²) in [4.78, 5) is 2.30. The molecule has 0 aliphatic carbocycles. The van der Waals surface area contributed by atoms with Crippen LogP contribution in [-0.4, -0.2) is 56.5 Å². The van der Waals surface area contributed by atoms with Crippen LogP contribution in [0.25, 0.3) is 0 Å². The van der Waals surface area contributed by atoms with Gasteiger partial charge < -0.3 is 5.11 Å². The summed E-state index contributed by atoms with van der Waals surface area (Å²) in [6.07, 6.45) is 2.07. The van der Waals surface area contributed by atoms with Gasteiger partial charge in [0.25, 0.3) is 0 Å². The van der Waals surface area contributed by atoms with Crippen molar-refractivity contribution in [2.45, 2.75) is 32.7 Å². The van der Waals surface area contributed by atoms with Crippen molar-refractivity contribution in [2.75, 3.05) is 18.6 Å². The Morgan fingerprint density at radius 2 is 2.08 bits per heavy atom. The molecule has 8 nitrogen and oxygen atoms in total. The second kappa shape index (κ2) is 6.30. The molecule has 0 radical (unpaired) electrons. The van der Waals surface area contributed by atoms with E-state index in [4.69, 9.17) is 0 Å². The molecule has 0 saturated carbocycles. The molecule has 0 amide bonds. The van der Waals surface area contributed by atoms with E-state index in [2.05, 4.69) is 15.1 Å². The van der Waals surface area contributed by atoms with Crippen LogP contribution in [0.3, 0.4) is 0 Å². The molecular weight excluding hydrogens is 330 g/mol. The molecule has 0 saturated heterocycles. The first-order chi connectivity index (χ1) is 11.2. The lowest BCUT2D eigenvalue weighted by atomic mass is 10.2. The van der Waals surface area contributed by atoms with Gasteiger partial charge in [-0.05, 0) is 13.0 Å². The van der Waals surface area contributed by atoms with Crippen LogP contribution in [0.15, 0.2) is 12.3 Å². The summed E-state index contributed by atoms with van der Waals surface area (Å²) in [5, 5.41) is 18.8. The lowest BCUT2D eigenvalue weighted by molar-refractivity contribution is 0.191. The standard InChI is InChI=1S/C15H23N5O3S/c1-11-12(7-18(2)16-11)8-19-4-5-20-13(9-19)6-14(17-20)15(21)10-24(3,22)23/h6-7,15,21H,4-5,8-10H2,1-3H3/t15-/m0/s1. The van der Waals surface area contributed by atoms with Crippen molar-refractivity contribution in [2.24, 2.45) is 7.05 Å². The fraction of sp³-hybridized carbons (Fsp3) is 0.600. The molecular formula is C15H23N5O3S. The molecule has 0 aromatic carbocycles. The summed E-state index contributed by atoms with van der Waals surface area (Å²) in [6.45, 7) is 5.10. The van der Waals surface area contributed by atoms with Crippen LogP contribution >= 0.6 is 0 Å². The van der Waals surface area contributed by atoms with E-state index in [0.717, 1.165) is 37.3 Å². The molecule has 1 aliphatic rings. The largest absolute Gasteiger partial charge is 0.386 e. The Bertz CT molecular complexity index is 839. The third kappa shape index (κ3) is 3.85. The van der Waals surface area contributed by atoms with Gasteiger partial charge in [0.2, 0.25) is 0 Å². The Hall–Kier alpha value is -1.71. The molecule has 0 spiro atoms. The zero-order chi connectivity index (χ0) is 17.5. The van der Waals surface area contributed by atoms with Crippen molar-refractivity contribution < 1.29 is 13.5 Å². The smallest absolute Gasteiger partial charge is 0.150 e. The van der Waals surface area contributed by atoms with Crippen LogP contribution in [-0.2, 0) is 36.5 Å². The number of aryl methyl sites for hydroxylation is 2. The maximum absolute atomic E-state index is 11.3. The third-order valence-electron chi connectivity index (χ3n) is 4.21. The molecule has 0 bridgehead atoms. The number of hydrogen-bond donors (Lipinski definition) is 1. The first kappa shape index (κ1) is 17.1. The lowest BCUT2D eigenvalue weighted by Crippen LogP contribution is -2.33. The molecule has 2 aromatic rings. The van der Waals surface area contributed by atoms with Gasteiger partial charge in [0.15, 0.2) is 0 Å². The van der Waals surface area contributed by atoms with Gasteiger partial charge in [0.05, 0.1) is 29.4 Å². The maximum atomic E-state index is 11.3. The van der Waals surface area contributed by atoms with Gasteiger partial charge in [0, 0.05) is 44.7 Å². The zero-order valence-electron chi connectivity index (χ0n) is 14.2. The zero-order valence-corrected chi connectivity index (χ0v) is 15.0. The van der Waals surface area contributed by atoms with Crippen molar-refractivity contribution in [3.63, 3.8) is 0 Å². The van der Waals surface area contributed by atoms with Crippen molar-refractivity contribution in [1.29, 1.82) is 0 Å². The van der Waals surface area contributed by atoms with Crippen LogP contribution in [0.5, 0.6) is 0 Å². The van der Waals surface area contributed by atoms with E-state index < -0.39 is 15.9 Å². The summed E-state index contributed by atoms with van der Waals surface area (Å²) < 4.78 is 26.3. The number of sulfone groups is 1. The highest BCUT2D eigenvalue weighted by Gasteiger charge is 2.23. The van der Waals surface area contributed by atoms with E-state index in [-0.39, 0.29) is 5.75 Å². The molecule has 2 aromatic heterocycles. The number of aromatic nitrogens is 4. The fourth-order valence-electron chi connectivity index (χ4n) is 3.06. The maximum Gasteiger partial charge on any atom is 0.150 e. The van der Waals surface area contributed by atoms with Crippen molar-refractivity contribution in [3.05, 3.63) is 34.9 Å². The Kier molecular flexibility index (Phi) is 4.50. The Morgan fingerprint density at radius 3 is 2.71 bits per heavy atom. The molecule has 3 heterocycles. The minimum absolute atomic E-state index is 0.304. The molecule has 1 aliphatic heterocycles. The van der Waals surface area contributed by atoms with E-state index in [1.54, 1.807) is 6.07 Å². The highest BCUT2D eigenvalue weighted by molar-refractivity contribution is 7.90. The minimum atomic E-state index is -3.25. The normalized spacial score (nSPS) is 17.0. The van der Waals surface area contributed by atoms with E-state index in [1.165, 1.54) is 5.56 Å². The number of aliphatic hydroxyl groups excluding tert-OH is 1. The Labute approximate surface area is 141 Å². The third-order valence-corrected chi connectivity index (χ3v) is 5.13. The Morgan fingerprint density at radius 1 is 1.33 bits per heavy atom. The van der Waals surface area contributed by atoms with Gasteiger partial charge in [-0.15, -0.1) is 0 Å². The van der Waals surface area contributed by atoms with Gasteiger partial charge >= 0.3 is 0 Å². The van der Waals surface area contributed by atoms with Crippen LogP contribution in [0.4, 0.5) is 0 Å². The molecule has 1 atom stereocenters. The van der Waals surface area contributed by atoms with Crippen molar-refractivity contribution in [1.82, 2.24) is 24.5 Å². The highest BCUT2D eigenvalue weighted by atomic mass is 32.2. The summed E-state index contributed by atoms with van der Waals surface area (Å²) in [7, 11) is -1.33. The first-order valence-corrected chi connectivity index (χ1v) is 9.91. The minimum Gasteiger partial charge on any atom is -0.386 e. The summed E-state index contributed by atoms with van der Waals surface area (Å²) in [5.41, 5.74) is 3.64. The van der Waals surface area contributed by atoms with Gasteiger partial charge in [-0.3, -0.25) is 14.3 Å². The van der Waals surface area contributed by atoms with Crippen LogP contribution in [0, 0.1) is 6.92 Å². The van der Waals surface area contributed by atoms with Crippen LogP contribution in [0.1, 0.15) is 28.7 Å². The quantitative estimate of drug-likeness (QED) is 0.814. The molecule has 132 valence electrons. The number of fused-ring (bicyclic) bond motifs is 1. The molecule has 1 N–H and O–H groups in total. The number of hydrogen-bond acceptors (Lipinski definition) is 6. The molecule has 3 rings (SSSR count). The van der Waals surface area contributed by atoms with E-state index >= 15 is 0 Å². The van der Waals surface area contributed by atoms with Gasteiger partial charge in [-0.25, -0.2) is 8.42 Å². The SMILES string of the molecule is Cc1nn(C)cc1CN1CCn2nc([C@@H](O)CS(C)(=O)=O)cc2C1. The van der Waals surface area contributed by atoms with Crippen LogP contribution < -0.4 is 0 Å². The fourth-order valence-corrected chi connectivity index (χ4v) is 3.80. The summed E-state index contributed by atoms with van der Waals surface area (Å²) in [5.74, 6) is -0.304. The average molecular weight is 353 g/mol. The number of nitrogens with zero attached hydrogens (tertiary/aromatic N) is 5. The molecule has 9 heteroatoms. The number of aliphatic hydroxyl groups is 1. The molecule has 0 fully saturated rings. The number of rotatable bonds is 5. The monoisotopic (exact) mass is 353 g/mol. The Balaban J connectivity index is 1.71.